The van der Waals surface area contributed by atoms with Crippen LogP contribution in [0.1, 0.15) is 33.2 Å². The van der Waals surface area contributed by atoms with Crippen molar-refractivity contribution in [3.63, 3.8) is 0 Å². The number of halogens is 1. The first kappa shape index (κ1) is 20.7. The summed E-state index contributed by atoms with van der Waals surface area (Å²) in [6.07, 6.45) is 1.52. The highest BCUT2D eigenvalue weighted by molar-refractivity contribution is 6.05. The molecule has 0 saturated heterocycles. The number of hydrogen-bond donors (Lipinski definition) is 2. The molecule has 3 aromatic carbocycles. The Morgan fingerprint density at radius 1 is 0.967 bits per heavy atom. The number of rotatable bonds is 7. The van der Waals surface area contributed by atoms with Gasteiger partial charge in [0, 0.05) is 16.8 Å². The standard InChI is InChI=1S/C23H20FN3O3/c1-2-30-21-12-6-16(7-13-21)15-25-27-23(29)18-4-3-5-20(14-18)26-22(28)17-8-10-19(24)11-9-17/h3-15H,2H2,1H3,(H,26,28)(H,27,29)/b25-15-. The minimum absolute atomic E-state index is 0.311. The Kier molecular flexibility index (Phi) is 6.89. The van der Waals surface area contributed by atoms with Crippen LogP contribution >= 0.6 is 0 Å². The Morgan fingerprint density at radius 2 is 1.70 bits per heavy atom. The Hall–Kier alpha value is -4.00. The van der Waals surface area contributed by atoms with Gasteiger partial charge in [0.2, 0.25) is 0 Å². The number of benzene rings is 3. The van der Waals surface area contributed by atoms with Crippen LogP contribution in [0.25, 0.3) is 0 Å². The minimum atomic E-state index is -0.421. The maximum Gasteiger partial charge on any atom is 0.271 e. The fourth-order valence-electron chi connectivity index (χ4n) is 2.59. The second-order valence-corrected chi connectivity index (χ2v) is 6.24. The molecule has 0 saturated carbocycles. The number of hydrogen-bond acceptors (Lipinski definition) is 4. The zero-order valence-electron chi connectivity index (χ0n) is 16.3. The van der Waals surface area contributed by atoms with Gasteiger partial charge in [-0.3, -0.25) is 9.59 Å². The van der Waals surface area contributed by atoms with Crippen LogP contribution in [0.15, 0.2) is 77.9 Å². The Labute approximate surface area is 173 Å². The van der Waals surface area contributed by atoms with Gasteiger partial charge in [-0.15, -0.1) is 0 Å². The quantitative estimate of drug-likeness (QED) is 0.456. The lowest BCUT2D eigenvalue weighted by atomic mass is 10.1. The van der Waals surface area contributed by atoms with Crippen molar-refractivity contribution in [1.29, 1.82) is 0 Å². The molecule has 0 atom stereocenters. The van der Waals surface area contributed by atoms with Crippen LogP contribution in [-0.4, -0.2) is 24.6 Å². The molecule has 2 N–H and O–H groups in total. The zero-order valence-corrected chi connectivity index (χ0v) is 16.3. The van der Waals surface area contributed by atoms with Gasteiger partial charge < -0.3 is 10.1 Å². The molecule has 0 unspecified atom stereocenters. The molecule has 0 aliphatic rings. The minimum Gasteiger partial charge on any atom is -0.494 e. The summed E-state index contributed by atoms with van der Waals surface area (Å²) in [7, 11) is 0. The van der Waals surface area contributed by atoms with Gasteiger partial charge in [0.05, 0.1) is 12.8 Å². The normalized spacial score (nSPS) is 10.6. The van der Waals surface area contributed by atoms with E-state index in [-0.39, 0.29) is 0 Å². The highest BCUT2D eigenvalue weighted by Crippen LogP contribution is 2.13. The second kappa shape index (κ2) is 9.97. The van der Waals surface area contributed by atoms with Crippen molar-refractivity contribution in [3.05, 3.63) is 95.3 Å². The van der Waals surface area contributed by atoms with Gasteiger partial charge in [0.25, 0.3) is 11.8 Å². The van der Waals surface area contributed by atoms with E-state index in [4.69, 9.17) is 4.74 Å². The Morgan fingerprint density at radius 3 is 2.40 bits per heavy atom. The summed E-state index contributed by atoms with van der Waals surface area (Å²) >= 11 is 0. The van der Waals surface area contributed by atoms with Gasteiger partial charge >= 0.3 is 0 Å². The number of carbonyl (C=O) groups is 2. The summed E-state index contributed by atoms with van der Waals surface area (Å²) in [5.41, 5.74) is 4.33. The molecule has 7 heteroatoms. The predicted molar refractivity (Wildman–Crippen MR) is 113 cm³/mol. The van der Waals surface area contributed by atoms with Gasteiger partial charge in [-0.05, 0) is 79.2 Å². The summed E-state index contributed by atoms with van der Waals surface area (Å²) in [4.78, 5) is 24.6. The molecular weight excluding hydrogens is 385 g/mol. The first-order chi connectivity index (χ1) is 14.5. The third-order valence-electron chi connectivity index (χ3n) is 4.06. The van der Waals surface area contributed by atoms with E-state index in [1.807, 2.05) is 31.2 Å². The van der Waals surface area contributed by atoms with Crippen molar-refractivity contribution in [2.24, 2.45) is 5.10 Å². The van der Waals surface area contributed by atoms with Crippen LogP contribution in [-0.2, 0) is 0 Å². The summed E-state index contributed by atoms with van der Waals surface area (Å²) in [6, 6.07) is 18.9. The van der Waals surface area contributed by atoms with Gasteiger partial charge in [0.1, 0.15) is 11.6 Å². The largest absolute Gasteiger partial charge is 0.494 e. The molecule has 0 radical (unpaired) electrons. The maximum absolute atomic E-state index is 13.0. The number of hydrazone groups is 1. The smallest absolute Gasteiger partial charge is 0.271 e. The second-order valence-electron chi connectivity index (χ2n) is 6.24. The molecule has 0 aromatic heterocycles. The zero-order chi connectivity index (χ0) is 21.3. The highest BCUT2D eigenvalue weighted by Gasteiger charge is 2.09. The van der Waals surface area contributed by atoms with E-state index in [0.29, 0.717) is 23.4 Å². The average molecular weight is 405 g/mol. The topological polar surface area (TPSA) is 79.8 Å². The molecular formula is C23H20FN3O3. The number of ether oxygens (including phenoxy) is 1. The average Bonchev–Trinajstić information content (AvgIpc) is 2.76. The third-order valence-corrected chi connectivity index (χ3v) is 4.06. The molecule has 0 fully saturated rings. The molecule has 6 nitrogen and oxygen atoms in total. The molecule has 2 amide bonds. The lowest BCUT2D eigenvalue weighted by Gasteiger charge is -2.07. The lowest BCUT2D eigenvalue weighted by Crippen LogP contribution is -2.18. The Bertz CT molecular complexity index is 1050. The summed E-state index contributed by atoms with van der Waals surface area (Å²) in [5.74, 6) is -0.481. The molecule has 0 aliphatic heterocycles. The molecule has 0 aliphatic carbocycles. The van der Waals surface area contributed by atoms with Crippen molar-refractivity contribution in [2.75, 3.05) is 11.9 Å². The van der Waals surface area contributed by atoms with Crippen molar-refractivity contribution in [2.45, 2.75) is 6.92 Å². The number of nitrogens with zero attached hydrogens (tertiary/aromatic N) is 1. The SMILES string of the molecule is CCOc1ccc(/C=N\NC(=O)c2cccc(NC(=O)c3ccc(F)cc3)c2)cc1. The summed E-state index contributed by atoms with van der Waals surface area (Å²) < 4.78 is 18.4. The maximum atomic E-state index is 13.0. The van der Waals surface area contributed by atoms with E-state index < -0.39 is 17.6 Å². The van der Waals surface area contributed by atoms with E-state index >= 15 is 0 Å². The van der Waals surface area contributed by atoms with Crippen molar-refractivity contribution < 1.29 is 18.7 Å². The predicted octanol–water partition coefficient (Wildman–Crippen LogP) is 4.24. The van der Waals surface area contributed by atoms with E-state index in [1.54, 1.807) is 18.2 Å². The Balaban J connectivity index is 1.59. The van der Waals surface area contributed by atoms with Crippen molar-refractivity contribution in [1.82, 2.24) is 5.43 Å². The van der Waals surface area contributed by atoms with E-state index in [2.05, 4.69) is 15.8 Å². The van der Waals surface area contributed by atoms with E-state index in [9.17, 15) is 14.0 Å². The van der Waals surface area contributed by atoms with Gasteiger partial charge in [-0.1, -0.05) is 6.07 Å². The molecule has 3 aromatic rings. The van der Waals surface area contributed by atoms with Crippen LogP contribution in [0, 0.1) is 5.82 Å². The van der Waals surface area contributed by atoms with Crippen molar-refractivity contribution >= 4 is 23.7 Å². The van der Waals surface area contributed by atoms with E-state index in [1.165, 1.54) is 36.5 Å². The summed E-state index contributed by atoms with van der Waals surface area (Å²) in [6.45, 7) is 2.50. The molecule has 30 heavy (non-hydrogen) atoms. The first-order valence-corrected chi connectivity index (χ1v) is 9.28. The summed E-state index contributed by atoms with van der Waals surface area (Å²) in [5, 5.41) is 6.63. The molecule has 3 rings (SSSR count). The molecule has 152 valence electrons. The lowest BCUT2D eigenvalue weighted by molar-refractivity contribution is 0.0953. The van der Waals surface area contributed by atoms with Gasteiger partial charge in [-0.2, -0.15) is 5.10 Å². The molecule has 0 spiro atoms. The number of amides is 2. The molecule has 0 heterocycles. The van der Waals surface area contributed by atoms with Gasteiger partial charge in [-0.25, -0.2) is 9.82 Å². The molecule has 0 bridgehead atoms. The van der Waals surface area contributed by atoms with Crippen LogP contribution in [0.4, 0.5) is 10.1 Å². The number of anilines is 1. The third kappa shape index (κ3) is 5.75. The van der Waals surface area contributed by atoms with Crippen LogP contribution in [0.3, 0.4) is 0 Å². The van der Waals surface area contributed by atoms with E-state index in [0.717, 1.165) is 11.3 Å². The number of nitrogens with one attached hydrogen (secondary N) is 2. The van der Waals surface area contributed by atoms with Crippen molar-refractivity contribution in [3.8, 4) is 5.75 Å². The number of carbonyl (C=O) groups excluding carboxylic acids is 2. The van der Waals surface area contributed by atoms with Crippen LogP contribution < -0.4 is 15.5 Å². The van der Waals surface area contributed by atoms with Gasteiger partial charge in [0.15, 0.2) is 0 Å². The monoisotopic (exact) mass is 405 g/mol. The van der Waals surface area contributed by atoms with Crippen LogP contribution in [0.2, 0.25) is 0 Å². The highest BCUT2D eigenvalue weighted by atomic mass is 19.1. The fourth-order valence-corrected chi connectivity index (χ4v) is 2.59. The first-order valence-electron chi connectivity index (χ1n) is 9.28. The fraction of sp³-hybridized carbons (Fsp3) is 0.0870. The van der Waals surface area contributed by atoms with Crippen LogP contribution in [0.5, 0.6) is 5.75 Å².